The summed E-state index contributed by atoms with van der Waals surface area (Å²) >= 11 is 0. The van der Waals surface area contributed by atoms with Crippen LogP contribution in [0.4, 0.5) is 11.4 Å². The molecule has 6 nitrogen and oxygen atoms in total. The molecule has 0 spiro atoms. The quantitative estimate of drug-likeness (QED) is 0.755. The molecule has 2 rings (SSSR count). The van der Waals surface area contributed by atoms with Gasteiger partial charge in [0.25, 0.3) is 0 Å². The van der Waals surface area contributed by atoms with Crippen molar-refractivity contribution < 1.29 is 18.0 Å². The van der Waals surface area contributed by atoms with Crippen LogP contribution in [0.1, 0.15) is 30.6 Å². The molecule has 0 saturated carbocycles. The van der Waals surface area contributed by atoms with E-state index in [4.69, 9.17) is 0 Å². The van der Waals surface area contributed by atoms with Crippen molar-refractivity contribution in [3.05, 3.63) is 60.2 Å². The number of hydrogen-bond acceptors (Lipinski definition) is 4. The van der Waals surface area contributed by atoms with Gasteiger partial charge >= 0.3 is 0 Å². The van der Waals surface area contributed by atoms with Crippen molar-refractivity contribution in [2.24, 2.45) is 0 Å². The lowest BCUT2D eigenvalue weighted by molar-refractivity contribution is -0.117. The third-order valence-corrected chi connectivity index (χ3v) is 5.06. The van der Waals surface area contributed by atoms with Crippen LogP contribution in [0, 0.1) is 0 Å². The highest BCUT2D eigenvalue weighted by molar-refractivity contribution is 7.92. The third-order valence-electron chi connectivity index (χ3n) is 3.88. The molecule has 0 aliphatic heterocycles. The monoisotopic (exact) mass is 374 g/mol. The van der Waals surface area contributed by atoms with E-state index in [-0.39, 0.29) is 5.78 Å². The predicted octanol–water partition coefficient (Wildman–Crippen LogP) is 3.07. The van der Waals surface area contributed by atoms with Crippen LogP contribution < -0.4 is 9.62 Å². The summed E-state index contributed by atoms with van der Waals surface area (Å²) in [6, 6.07) is 14.1. The minimum Gasteiger partial charge on any atom is -0.324 e. The summed E-state index contributed by atoms with van der Waals surface area (Å²) in [5.41, 5.74) is 1.34. The molecule has 1 N–H and O–H groups in total. The number of carbonyl (C=O) groups is 2. The molecule has 0 aliphatic carbocycles. The molecule has 1 atom stereocenters. The lowest BCUT2D eigenvalue weighted by atomic mass is 10.1. The van der Waals surface area contributed by atoms with Gasteiger partial charge in [-0.3, -0.25) is 13.9 Å². The predicted molar refractivity (Wildman–Crippen MR) is 103 cm³/mol. The van der Waals surface area contributed by atoms with Crippen LogP contribution in [-0.2, 0) is 14.8 Å². The van der Waals surface area contributed by atoms with E-state index >= 15 is 0 Å². The SMILES string of the molecule is CCC(C(=O)Nc1cccc(C(C)=O)c1)N(c1ccccc1)S(C)(=O)=O. The van der Waals surface area contributed by atoms with Gasteiger partial charge in [-0.2, -0.15) is 0 Å². The van der Waals surface area contributed by atoms with Gasteiger partial charge in [0.15, 0.2) is 5.78 Å². The number of anilines is 2. The summed E-state index contributed by atoms with van der Waals surface area (Å²) in [5, 5.41) is 2.71. The molecule has 0 aromatic heterocycles. The summed E-state index contributed by atoms with van der Waals surface area (Å²) in [7, 11) is -3.67. The van der Waals surface area contributed by atoms with Gasteiger partial charge in [0.1, 0.15) is 6.04 Å². The molecule has 0 aliphatic rings. The zero-order chi connectivity index (χ0) is 19.3. The van der Waals surface area contributed by atoms with E-state index < -0.39 is 22.0 Å². The van der Waals surface area contributed by atoms with Crippen LogP contribution in [-0.4, -0.2) is 32.4 Å². The zero-order valence-electron chi connectivity index (χ0n) is 15.0. The van der Waals surface area contributed by atoms with Crippen LogP contribution in [0.3, 0.4) is 0 Å². The van der Waals surface area contributed by atoms with Gasteiger partial charge in [-0.1, -0.05) is 37.3 Å². The van der Waals surface area contributed by atoms with Crippen molar-refractivity contribution >= 4 is 33.1 Å². The van der Waals surface area contributed by atoms with Gasteiger partial charge in [-0.05, 0) is 37.6 Å². The first kappa shape index (κ1) is 19.7. The van der Waals surface area contributed by atoms with Gasteiger partial charge in [0.2, 0.25) is 15.9 Å². The Morgan fingerprint density at radius 3 is 2.27 bits per heavy atom. The number of sulfonamides is 1. The molecule has 26 heavy (non-hydrogen) atoms. The maximum atomic E-state index is 12.8. The Morgan fingerprint density at radius 1 is 1.08 bits per heavy atom. The van der Waals surface area contributed by atoms with Crippen LogP contribution in [0.25, 0.3) is 0 Å². The molecule has 7 heteroatoms. The van der Waals surface area contributed by atoms with Gasteiger partial charge in [0, 0.05) is 11.3 Å². The van der Waals surface area contributed by atoms with Crippen molar-refractivity contribution in [1.29, 1.82) is 0 Å². The summed E-state index contributed by atoms with van der Waals surface area (Å²) in [6.45, 7) is 3.19. The Morgan fingerprint density at radius 2 is 1.73 bits per heavy atom. The number of para-hydroxylation sites is 1. The summed E-state index contributed by atoms with van der Waals surface area (Å²) in [6.07, 6.45) is 1.37. The standard InChI is InChI=1S/C19H22N2O4S/c1-4-18(21(26(3,24)25)17-11-6-5-7-12-17)19(23)20-16-10-8-9-15(13-16)14(2)22/h5-13,18H,4H2,1-3H3,(H,20,23). The van der Waals surface area contributed by atoms with Gasteiger partial charge < -0.3 is 5.32 Å². The maximum absolute atomic E-state index is 12.8. The molecular formula is C19H22N2O4S. The maximum Gasteiger partial charge on any atom is 0.248 e. The number of Topliss-reactive ketones (excluding diaryl/α,β-unsaturated/α-hetero) is 1. The van der Waals surface area contributed by atoms with E-state index in [0.29, 0.717) is 23.4 Å². The van der Waals surface area contributed by atoms with Crippen molar-refractivity contribution in [3.63, 3.8) is 0 Å². The van der Waals surface area contributed by atoms with Gasteiger partial charge in [0.05, 0.1) is 11.9 Å². The highest BCUT2D eigenvalue weighted by Crippen LogP contribution is 2.23. The molecular weight excluding hydrogens is 352 g/mol. The highest BCUT2D eigenvalue weighted by Gasteiger charge is 2.31. The smallest absolute Gasteiger partial charge is 0.248 e. The molecule has 138 valence electrons. The first-order chi connectivity index (χ1) is 12.2. The van der Waals surface area contributed by atoms with Crippen LogP contribution in [0.15, 0.2) is 54.6 Å². The Bertz CT molecular complexity index is 895. The van der Waals surface area contributed by atoms with Gasteiger partial charge in [-0.15, -0.1) is 0 Å². The number of nitrogens with one attached hydrogen (secondary N) is 1. The largest absolute Gasteiger partial charge is 0.324 e. The fraction of sp³-hybridized carbons (Fsp3) is 0.263. The third kappa shape index (κ3) is 4.70. The second kappa shape index (κ2) is 8.14. The molecule has 0 fully saturated rings. The number of ketones is 1. The normalized spacial score (nSPS) is 12.3. The van der Waals surface area contributed by atoms with E-state index in [0.717, 1.165) is 10.6 Å². The molecule has 0 bridgehead atoms. The summed E-state index contributed by atoms with van der Waals surface area (Å²) in [5.74, 6) is -0.572. The van der Waals surface area contributed by atoms with Crippen LogP contribution >= 0.6 is 0 Å². The molecule has 1 amide bonds. The van der Waals surface area contributed by atoms with Crippen molar-refractivity contribution in [2.45, 2.75) is 26.3 Å². The lowest BCUT2D eigenvalue weighted by Gasteiger charge is -2.30. The minimum atomic E-state index is -3.67. The fourth-order valence-corrected chi connectivity index (χ4v) is 3.89. The molecule has 0 radical (unpaired) electrons. The average Bonchev–Trinajstić information content (AvgIpc) is 2.59. The Balaban J connectivity index is 2.34. The first-order valence-electron chi connectivity index (χ1n) is 8.20. The van der Waals surface area contributed by atoms with Crippen molar-refractivity contribution in [1.82, 2.24) is 0 Å². The van der Waals surface area contributed by atoms with Crippen LogP contribution in [0.2, 0.25) is 0 Å². The van der Waals surface area contributed by atoms with E-state index in [2.05, 4.69) is 5.32 Å². The minimum absolute atomic E-state index is 0.116. The summed E-state index contributed by atoms with van der Waals surface area (Å²) in [4.78, 5) is 24.3. The van der Waals surface area contributed by atoms with Gasteiger partial charge in [-0.25, -0.2) is 8.42 Å². The van der Waals surface area contributed by atoms with E-state index in [1.807, 2.05) is 0 Å². The number of rotatable bonds is 7. The Kier molecular flexibility index (Phi) is 6.15. The first-order valence-corrected chi connectivity index (χ1v) is 10.0. The Hall–Kier alpha value is -2.67. The molecule has 2 aromatic rings. The van der Waals surface area contributed by atoms with E-state index in [9.17, 15) is 18.0 Å². The lowest BCUT2D eigenvalue weighted by Crippen LogP contribution is -2.47. The van der Waals surface area contributed by atoms with Crippen molar-refractivity contribution in [3.8, 4) is 0 Å². The highest BCUT2D eigenvalue weighted by atomic mass is 32.2. The number of carbonyl (C=O) groups excluding carboxylic acids is 2. The number of hydrogen-bond donors (Lipinski definition) is 1. The van der Waals surface area contributed by atoms with Crippen molar-refractivity contribution in [2.75, 3.05) is 15.9 Å². The average molecular weight is 374 g/mol. The second-order valence-corrected chi connectivity index (χ2v) is 7.80. The van der Waals surface area contributed by atoms with Crippen LogP contribution in [0.5, 0.6) is 0 Å². The molecule has 1 unspecified atom stereocenters. The molecule has 0 saturated heterocycles. The van der Waals surface area contributed by atoms with E-state index in [1.165, 1.54) is 6.92 Å². The fourth-order valence-electron chi connectivity index (χ4n) is 2.68. The molecule has 0 heterocycles. The number of nitrogens with zero attached hydrogens (tertiary/aromatic N) is 1. The number of benzene rings is 2. The Labute approximate surface area is 153 Å². The van der Waals surface area contributed by atoms with E-state index in [1.54, 1.807) is 61.5 Å². The number of amides is 1. The zero-order valence-corrected chi connectivity index (χ0v) is 15.8. The molecule has 2 aromatic carbocycles. The second-order valence-electron chi connectivity index (χ2n) is 5.94. The topological polar surface area (TPSA) is 83.6 Å². The summed E-state index contributed by atoms with van der Waals surface area (Å²) < 4.78 is 25.8.